The number of hydrogen-bond donors (Lipinski definition) is 1. The average molecular weight is 241 g/mol. The number of aromatic nitrogens is 2. The summed E-state index contributed by atoms with van der Waals surface area (Å²) in [5.74, 6) is 0. The van der Waals surface area contributed by atoms with Gasteiger partial charge in [0, 0.05) is 30.7 Å². The van der Waals surface area contributed by atoms with Crippen molar-refractivity contribution in [2.75, 3.05) is 6.54 Å². The van der Waals surface area contributed by atoms with Crippen LogP contribution in [0.5, 0.6) is 0 Å². The van der Waals surface area contributed by atoms with Gasteiger partial charge in [0.15, 0.2) is 4.96 Å². The molecule has 1 unspecified atom stereocenters. The second kappa shape index (κ2) is 4.51. The van der Waals surface area contributed by atoms with E-state index in [1.54, 1.807) is 11.3 Å². The topological polar surface area (TPSA) is 43.3 Å². The molecule has 0 fully saturated rings. The first-order valence-corrected chi connectivity index (χ1v) is 6.35. The van der Waals surface area contributed by atoms with Gasteiger partial charge < -0.3 is 5.73 Å². The molecule has 0 radical (unpaired) electrons. The fraction of sp³-hybridized carbons (Fsp3) is 0.545. The van der Waals surface area contributed by atoms with Gasteiger partial charge >= 0.3 is 0 Å². The summed E-state index contributed by atoms with van der Waals surface area (Å²) < 4.78 is 16.2. The highest BCUT2D eigenvalue weighted by molar-refractivity contribution is 7.15. The third-order valence-corrected chi connectivity index (χ3v) is 3.48. The van der Waals surface area contributed by atoms with Crippen LogP contribution in [0.2, 0.25) is 0 Å². The predicted octanol–water partition coefficient (Wildman–Crippen LogP) is 2.41. The van der Waals surface area contributed by atoms with E-state index in [2.05, 4.69) is 4.98 Å². The minimum Gasteiger partial charge on any atom is -0.328 e. The number of imidazole rings is 1. The van der Waals surface area contributed by atoms with E-state index in [0.717, 1.165) is 17.1 Å². The Morgan fingerprint density at radius 1 is 1.62 bits per heavy atom. The molecule has 5 heteroatoms. The number of hydrogen-bond acceptors (Lipinski definition) is 3. The summed E-state index contributed by atoms with van der Waals surface area (Å²) in [6, 6.07) is 0. The minimum atomic E-state index is -1.31. The van der Waals surface area contributed by atoms with Gasteiger partial charge in [-0.3, -0.25) is 4.40 Å². The Bertz CT molecular complexity index is 436. The maximum atomic E-state index is 14.3. The van der Waals surface area contributed by atoms with Crippen LogP contribution in [0.1, 0.15) is 25.5 Å². The van der Waals surface area contributed by atoms with Crippen LogP contribution in [0.3, 0.4) is 0 Å². The molecule has 1 atom stereocenters. The Kier molecular flexibility index (Phi) is 3.25. The van der Waals surface area contributed by atoms with Crippen LogP contribution in [0.15, 0.2) is 17.8 Å². The zero-order valence-electron chi connectivity index (χ0n) is 9.32. The fourth-order valence-corrected chi connectivity index (χ4v) is 2.62. The van der Waals surface area contributed by atoms with Gasteiger partial charge in [-0.25, -0.2) is 9.37 Å². The Labute approximate surface area is 98.1 Å². The molecule has 2 rings (SSSR count). The molecule has 0 aliphatic carbocycles. The first-order valence-electron chi connectivity index (χ1n) is 5.47. The summed E-state index contributed by atoms with van der Waals surface area (Å²) in [7, 11) is 0. The molecule has 3 nitrogen and oxygen atoms in total. The van der Waals surface area contributed by atoms with E-state index in [9.17, 15) is 4.39 Å². The van der Waals surface area contributed by atoms with Gasteiger partial charge in [-0.2, -0.15) is 0 Å². The molecular weight excluding hydrogens is 225 g/mol. The molecule has 0 saturated heterocycles. The Morgan fingerprint density at radius 3 is 3.06 bits per heavy atom. The molecule has 0 aliphatic heterocycles. The second-order valence-electron chi connectivity index (χ2n) is 4.11. The molecule has 2 aromatic heterocycles. The molecule has 0 spiro atoms. The van der Waals surface area contributed by atoms with Crippen molar-refractivity contribution in [3.8, 4) is 0 Å². The van der Waals surface area contributed by atoms with Crippen molar-refractivity contribution in [1.29, 1.82) is 0 Å². The molecular formula is C11H16FN3S. The molecule has 2 N–H and O–H groups in total. The van der Waals surface area contributed by atoms with Gasteiger partial charge in [-0.05, 0) is 6.42 Å². The Morgan fingerprint density at radius 2 is 2.44 bits per heavy atom. The van der Waals surface area contributed by atoms with E-state index in [4.69, 9.17) is 5.73 Å². The largest absolute Gasteiger partial charge is 0.328 e. The van der Waals surface area contributed by atoms with Crippen molar-refractivity contribution in [2.24, 2.45) is 5.73 Å². The standard InChI is InChI=1S/C11H16FN3S/c1-2-3-11(12,8-13)6-9-7-15-4-5-16-10(15)14-9/h4-5,7H,2-3,6,8,13H2,1H3. The van der Waals surface area contributed by atoms with Gasteiger partial charge in [0.05, 0.1) is 5.69 Å². The van der Waals surface area contributed by atoms with E-state index in [1.807, 2.05) is 29.1 Å². The lowest BCUT2D eigenvalue weighted by atomic mass is 9.95. The van der Waals surface area contributed by atoms with Gasteiger partial charge in [0.1, 0.15) is 5.67 Å². The third-order valence-electron chi connectivity index (χ3n) is 2.70. The summed E-state index contributed by atoms with van der Waals surface area (Å²) in [6.45, 7) is 2.03. The summed E-state index contributed by atoms with van der Waals surface area (Å²) in [4.78, 5) is 5.28. The quantitative estimate of drug-likeness (QED) is 0.873. The van der Waals surface area contributed by atoms with Crippen LogP contribution < -0.4 is 5.73 Å². The lowest BCUT2D eigenvalue weighted by molar-refractivity contribution is 0.157. The van der Waals surface area contributed by atoms with Crippen molar-refractivity contribution in [1.82, 2.24) is 9.38 Å². The highest BCUT2D eigenvalue weighted by atomic mass is 32.1. The summed E-state index contributed by atoms with van der Waals surface area (Å²) in [6.07, 6.45) is 5.42. The van der Waals surface area contributed by atoms with Crippen molar-refractivity contribution < 1.29 is 4.39 Å². The summed E-state index contributed by atoms with van der Waals surface area (Å²) in [5, 5.41) is 1.96. The lowest BCUT2D eigenvalue weighted by Crippen LogP contribution is -2.35. The highest BCUT2D eigenvalue weighted by Gasteiger charge is 2.28. The zero-order chi connectivity index (χ0) is 11.6. The van der Waals surface area contributed by atoms with Gasteiger partial charge in [-0.15, -0.1) is 11.3 Å². The maximum absolute atomic E-state index is 14.3. The summed E-state index contributed by atoms with van der Waals surface area (Å²) in [5.41, 5.74) is 4.98. The number of fused-ring (bicyclic) bond motifs is 1. The van der Waals surface area contributed by atoms with Crippen LogP contribution >= 0.6 is 11.3 Å². The van der Waals surface area contributed by atoms with E-state index in [0.29, 0.717) is 12.8 Å². The first-order chi connectivity index (χ1) is 7.67. The molecule has 0 aromatic carbocycles. The van der Waals surface area contributed by atoms with Crippen LogP contribution in [0, 0.1) is 0 Å². The summed E-state index contributed by atoms with van der Waals surface area (Å²) >= 11 is 1.55. The molecule has 88 valence electrons. The van der Waals surface area contributed by atoms with E-state index >= 15 is 0 Å². The van der Waals surface area contributed by atoms with Crippen molar-refractivity contribution in [2.45, 2.75) is 31.9 Å². The number of thiazole rings is 1. The molecule has 2 aromatic rings. The number of rotatable bonds is 5. The molecule has 0 aliphatic rings. The van der Waals surface area contributed by atoms with E-state index in [1.165, 1.54) is 0 Å². The number of nitrogens with zero attached hydrogens (tertiary/aromatic N) is 2. The van der Waals surface area contributed by atoms with Gasteiger partial charge in [0.2, 0.25) is 0 Å². The van der Waals surface area contributed by atoms with Crippen molar-refractivity contribution in [3.63, 3.8) is 0 Å². The minimum absolute atomic E-state index is 0.0615. The Hall–Kier alpha value is -0.940. The number of halogens is 1. The second-order valence-corrected chi connectivity index (χ2v) is 4.98. The van der Waals surface area contributed by atoms with E-state index < -0.39 is 5.67 Å². The smallest absolute Gasteiger partial charge is 0.193 e. The fourth-order valence-electron chi connectivity index (χ4n) is 1.90. The lowest BCUT2D eigenvalue weighted by Gasteiger charge is -2.21. The molecule has 16 heavy (non-hydrogen) atoms. The van der Waals surface area contributed by atoms with Crippen LogP contribution in [0.25, 0.3) is 4.96 Å². The third kappa shape index (κ3) is 2.25. The van der Waals surface area contributed by atoms with Crippen LogP contribution in [0.4, 0.5) is 4.39 Å². The van der Waals surface area contributed by atoms with E-state index in [-0.39, 0.29) is 6.54 Å². The highest BCUT2D eigenvalue weighted by Crippen LogP contribution is 2.23. The normalized spacial score (nSPS) is 15.4. The SMILES string of the molecule is CCCC(F)(CN)Cc1cn2ccsc2n1. The predicted molar refractivity (Wildman–Crippen MR) is 64.6 cm³/mol. The van der Waals surface area contributed by atoms with Crippen LogP contribution in [-0.4, -0.2) is 21.6 Å². The monoisotopic (exact) mass is 241 g/mol. The van der Waals surface area contributed by atoms with Crippen molar-refractivity contribution >= 4 is 16.3 Å². The van der Waals surface area contributed by atoms with Gasteiger partial charge in [-0.1, -0.05) is 13.3 Å². The maximum Gasteiger partial charge on any atom is 0.193 e. The zero-order valence-corrected chi connectivity index (χ0v) is 10.1. The Balaban J connectivity index is 2.16. The molecule has 2 heterocycles. The average Bonchev–Trinajstić information content (AvgIpc) is 2.78. The number of nitrogens with two attached hydrogens (primary N) is 1. The first kappa shape index (κ1) is 11.5. The van der Waals surface area contributed by atoms with Gasteiger partial charge in [0.25, 0.3) is 0 Å². The van der Waals surface area contributed by atoms with Crippen molar-refractivity contribution in [3.05, 3.63) is 23.5 Å². The van der Waals surface area contributed by atoms with Crippen LogP contribution in [-0.2, 0) is 6.42 Å². The molecule has 0 amide bonds. The molecule has 0 bridgehead atoms. The number of alkyl halides is 1. The molecule has 0 saturated carbocycles.